The van der Waals surface area contributed by atoms with Crippen molar-refractivity contribution in [2.75, 3.05) is 25.2 Å². The Morgan fingerprint density at radius 1 is 1.12 bits per heavy atom. The van der Waals surface area contributed by atoms with Crippen LogP contribution >= 0.6 is 0 Å². The zero-order valence-corrected chi connectivity index (χ0v) is 18.8. The molecule has 0 saturated carbocycles. The quantitative estimate of drug-likeness (QED) is 0.572. The van der Waals surface area contributed by atoms with Crippen LogP contribution in [0.2, 0.25) is 0 Å². The van der Waals surface area contributed by atoms with Gasteiger partial charge in [0.05, 0.1) is 6.33 Å². The minimum atomic E-state index is -0.595. The molecule has 1 aromatic carbocycles. The number of piperidine rings is 1. The number of rotatable bonds is 4. The Kier molecular flexibility index (Phi) is 5.34. The first-order valence-electron chi connectivity index (χ1n) is 10.9. The van der Waals surface area contributed by atoms with E-state index in [9.17, 15) is 19.2 Å². The first-order chi connectivity index (χ1) is 16.3. The Bertz CT molecular complexity index is 1410. The molecule has 2 aromatic heterocycles. The minimum absolute atomic E-state index is 0.127. The summed E-state index contributed by atoms with van der Waals surface area (Å²) in [6, 6.07) is 5.21. The van der Waals surface area contributed by atoms with E-state index in [0.29, 0.717) is 43.1 Å². The fourth-order valence-corrected chi connectivity index (χ4v) is 4.38. The fourth-order valence-electron chi connectivity index (χ4n) is 4.38. The predicted molar refractivity (Wildman–Crippen MR) is 121 cm³/mol. The van der Waals surface area contributed by atoms with Gasteiger partial charge in [0.25, 0.3) is 5.56 Å². The van der Waals surface area contributed by atoms with Gasteiger partial charge in [0, 0.05) is 44.9 Å². The van der Waals surface area contributed by atoms with Crippen LogP contribution in [-0.4, -0.2) is 55.3 Å². The summed E-state index contributed by atoms with van der Waals surface area (Å²) in [7, 11) is 3.18. The minimum Gasteiger partial charge on any atom is -0.454 e. The van der Waals surface area contributed by atoms with E-state index in [1.54, 1.807) is 30.1 Å². The molecule has 0 spiro atoms. The van der Waals surface area contributed by atoms with Crippen LogP contribution in [0.15, 0.2) is 34.1 Å². The maximum absolute atomic E-state index is 12.9. The number of amides is 2. The van der Waals surface area contributed by atoms with Crippen molar-refractivity contribution in [1.29, 1.82) is 0 Å². The molecule has 2 aliphatic heterocycles. The van der Waals surface area contributed by atoms with E-state index in [2.05, 4.69) is 10.3 Å². The van der Waals surface area contributed by atoms with Gasteiger partial charge in [-0.05, 0) is 25.0 Å². The van der Waals surface area contributed by atoms with Gasteiger partial charge in [-0.2, -0.15) is 0 Å². The maximum Gasteiger partial charge on any atom is 0.332 e. The summed E-state index contributed by atoms with van der Waals surface area (Å²) in [5.74, 6) is 0.508. The molecule has 12 nitrogen and oxygen atoms in total. The number of fused-ring (bicyclic) bond motifs is 2. The topological polar surface area (TPSA) is 130 Å². The number of nitrogens with zero attached hydrogens (tertiary/aromatic N) is 5. The van der Waals surface area contributed by atoms with Crippen LogP contribution in [-0.2, 0) is 30.2 Å². The first kappa shape index (κ1) is 21.7. The molecule has 1 fully saturated rings. The Morgan fingerprint density at radius 3 is 2.62 bits per heavy atom. The highest BCUT2D eigenvalue weighted by molar-refractivity contribution is 5.93. The molecule has 5 rings (SSSR count). The Labute approximate surface area is 193 Å². The second kappa shape index (κ2) is 8.36. The number of hydrogen-bond donors (Lipinski definition) is 1. The number of carbonyl (C=O) groups is 2. The molecule has 0 unspecified atom stereocenters. The molecule has 1 N–H and O–H groups in total. The summed E-state index contributed by atoms with van der Waals surface area (Å²) < 4.78 is 14.3. The van der Waals surface area contributed by atoms with E-state index in [1.807, 2.05) is 0 Å². The molecule has 4 heterocycles. The fraction of sp³-hybridized carbons (Fsp3) is 0.409. The molecule has 1 saturated heterocycles. The normalized spacial score (nSPS) is 15.6. The smallest absolute Gasteiger partial charge is 0.332 e. The monoisotopic (exact) mass is 468 g/mol. The van der Waals surface area contributed by atoms with Gasteiger partial charge in [0.15, 0.2) is 22.7 Å². The predicted octanol–water partition coefficient (Wildman–Crippen LogP) is 0.0397. The van der Waals surface area contributed by atoms with E-state index in [-0.39, 0.29) is 42.2 Å². The molecule has 0 aliphatic carbocycles. The Morgan fingerprint density at radius 2 is 1.85 bits per heavy atom. The number of aromatic nitrogens is 4. The summed E-state index contributed by atoms with van der Waals surface area (Å²) in [4.78, 5) is 56.8. The second-order valence-electron chi connectivity index (χ2n) is 8.47. The van der Waals surface area contributed by atoms with E-state index in [4.69, 9.17) is 9.47 Å². The second-order valence-corrected chi connectivity index (χ2v) is 8.47. The molecule has 34 heavy (non-hydrogen) atoms. The molecule has 12 heteroatoms. The maximum atomic E-state index is 12.9. The summed E-state index contributed by atoms with van der Waals surface area (Å²) in [5, 5.41) is 2.89. The molecule has 0 atom stereocenters. The van der Waals surface area contributed by atoms with Gasteiger partial charge in [-0.1, -0.05) is 0 Å². The van der Waals surface area contributed by atoms with Crippen molar-refractivity contribution in [3.8, 4) is 11.5 Å². The highest BCUT2D eigenvalue weighted by Gasteiger charge is 2.28. The number of ether oxygens (including phenoxy) is 2. The number of likely N-dealkylation sites (tertiary alicyclic amines) is 1. The lowest BCUT2D eigenvalue weighted by Crippen LogP contribution is -2.47. The summed E-state index contributed by atoms with van der Waals surface area (Å²) >= 11 is 0. The van der Waals surface area contributed by atoms with Gasteiger partial charge in [-0.25, -0.2) is 14.3 Å². The largest absolute Gasteiger partial charge is 0.454 e. The third kappa shape index (κ3) is 3.70. The van der Waals surface area contributed by atoms with Crippen molar-refractivity contribution in [2.45, 2.75) is 19.4 Å². The van der Waals surface area contributed by atoms with Crippen LogP contribution in [0.4, 0.5) is 5.69 Å². The van der Waals surface area contributed by atoms with Crippen molar-refractivity contribution in [3.63, 3.8) is 0 Å². The van der Waals surface area contributed by atoms with Crippen LogP contribution in [0.25, 0.3) is 11.2 Å². The van der Waals surface area contributed by atoms with Crippen molar-refractivity contribution >= 4 is 28.7 Å². The van der Waals surface area contributed by atoms with E-state index >= 15 is 0 Å². The molecular weight excluding hydrogens is 444 g/mol. The summed E-state index contributed by atoms with van der Waals surface area (Å²) in [6.07, 6.45) is 2.42. The average Bonchev–Trinajstić information content (AvgIpc) is 3.46. The third-order valence-electron chi connectivity index (χ3n) is 6.35. The number of benzene rings is 1. The van der Waals surface area contributed by atoms with E-state index < -0.39 is 11.2 Å². The summed E-state index contributed by atoms with van der Waals surface area (Å²) in [5.41, 5.74) is 0.00444. The van der Waals surface area contributed by atoms with Gasteiger partial charge >= 0.3 is 5.69 Å². The molecule has 2 amide bonds. The SMILES string of the molecule is Cn1cnc2c1c(=O)n(CC(=O)N1CCC(C(=O)Nc3ccc4c(c3)OCO4)CC1)c(=O)n2C. The molecule has 0 radical (unpaired) electrons. The van der Waals surface area contributed by atoms with Crippen LogP contribution < -0.4 is 26.0 Å². The number of hydrogen-bond acceptors (Lipinski definition) is 7. The number of aryl methyl sites for hydroxylation is 2. The molecule has 3 aromatic rings. The van der Waals surface area contributed by atoms with Crippen LogP contribution in [0.5, 0.6) is 11.5 Å². The molecule has 2 aliphatic rings. The van der Waals surface area contributed by atoms with Crippen LogP contribution in [0.3, 0.4) is 0 Å². The van der Waals surface area contributed by atoms with E-state index in [1.165, 1.54) is 22.5 Å². The van der Waals surface area contributed by atoms with Gasteiger partial charge in [-0.3, -0.25) is 19.0 Å². The molecule has 178 valence electrons. The first-order valence-corrected chi connectivity index (χ1v) is 10.9. The van der Waals surface area contributed by atoms with Crippen molar-refractivity contribution < 1.29 is 19.1 Å². The number of anilines is 1. The number of nitrogens with one attached hydrogen (secondary N) is 1. The van der Waals surface area contributed by atoms with Crippen LogP contribution in [0, 0.1) is 5.92 Å². The Balaban J connectivity index is 1.23. The highest BCUT2D eigenvalue weighted by atomic mass is 16.7. The van der Waals surface area contributed by atoms with Crippen molar-refractivity contribution in [2.24, 2.45) is 20.0 Å². The van der Waals surface area contributed by atoms with Gasteiger partial charge in [0.2, 0.25) is 18.6 Å². The summed E-state index contributed by atoms with van der Waals surface area (Å²) in [6.45, 7) is 0.524. The Hall–Kier alpha value is -4.09. The van der Waals surface area contributed by atoms with Gasteiger partial charge in [0.1, 0.15) is 6.54 Å². The zero-order valence-electron chi connectivity index (χ0n) is 18.8. The van der Waals surface area contributed by atoms with Gasteiger partial charge < -0.3 is 24.3 Å². The third-order valence-corrected chi connectivity index (χ3v) is 6.35. The van der Waals surface area contributed by atoms with Gasteiger partial charge in [-0.15, -0.1) is 0 Å². The van der Waals surface area contributed by atoms with E-state index in [0.717, 1.165) is 4.57 Å². The standard InChI is InChI=1S/C22H24N6O6/c1-25-11-23-19-18(25)21(31)28(22(32)26(19)2)10-17(29)27-7-5-13(6-8-27)20(30)24-14-3-4-15-16(9-14)34-12-33-15/h3-4,9,11,13H,5-8,10,12H2,1-2H3,(H,24,30). The number of carbonyl (C=O) groups excluding carboxylic acids is 2. The molecule has 0 bridgehead atoms. The highest BCUT2D eigenvalue weighted by Crippen LogP contribution is 2.34. The van der Waals surface area contributed by atoms with Crippen molar-refractivity contribution in [1.82, 2.24) is 23.6 Å². The lowest BCUT2D eigenvalue weighted by Gasteiger charge is -2.31. The van der Waals surface area contributed by atoms with Crippen LogP contribution in [0.1, 0.15) is 12.8 Å². The average molecular weight is 468 g/mol. The molecular formula is C22H24N6O6. The zero-order chi connectivity index (χ0) is 24.0. The lowest BCUT2D eigenvalue weighted by molar-refractivity contribution is -0.135. The number of imidazole rings is 1. The lowest BCUT2D eigenvalue weighted by atomic mass is 9.95. The van der Waals surface area contributed by atoms with Crippen molar-refractivity contribution in [3.05, 3.63) is 45.4 Å².